The molecule has 0 amide bonds. The number of hydrogen-bond acceptors (Lipinski definition) is 3. The first-order valence-electron chi connectivity index (χ1n) is 4.02. The van der Waals surface area contributed by atoms with E-state index in [0.717, 1.165) is 0 Å². The second-order valence-corrected chi connectivity index (χ2v) is 2.49. The average molecular weight is 190 g/mol. The lowest BCUT2D eigenvalue weighted by molar-refractivity contribution is 0.0660. The van der Waals surface area contributed by atoms with Crippen LogP contribution in [0.2, 0.25) is 0 Å². The van der Waals surface area contributed by atoms with E-state index in [1.54, 1.807) is 12.1 Å². The molecule has 0 aliphatic rings. The van der Waals surface area contributed by atoms with E-state index in [4.69, 9.17) is 4.74 Å². The molecule has 0 fully saturated rings. The maximum atomic E-state index is 11.3. The summed E-state index contributed by atoms with van der Waals surface area (Å²) in [4.78, 5) is 11.3. The van der Waals surface area contributed by atoms with Gasteiger partial charge in [-0.25, -0.2) is 4.79 Å². The van der Waals surface area contributed by atoms with E-state index >= 15 is 0 Å². The standard InChI is InChI=1S/C11H10O3/c1-2-3-8-14-11(13)9-6-4-5-7-10(9)12/h2-8,12H,1H2/b8-3+. The van der Waals surface area contributed by atoms with Crippen molar-refractivity contribution in [1.82, 2.24) is 0 Å². The van der Waals surface area contributed by atoms with Gasteiger partial charge in [-0.15, -0.1) is 0 Å². The number of allylic oxidation sites excluding steroid dienone is 2. The van der Waals surface area contributed by atoms with Crippen molar-refractivity contribution in [3.63, 3.8) is 0 Å². The van der Waals surface area contributed by atoms with Gasteiger partial charge in [0.15, 0.2) is 0 Å². The molecular weight excluding hydrogens is 180 g/mol. The van der Waals surface area contributed by atoms with Crippen LogP contribution in [-0.4, -0.2) is 11.1 Å². The van der Waals surface area contributed by atoms with Crippen molar-refractivity contribution >= 4 is 5.97 Å². The minimum atomic E-state index is -0.596. The highest BCUT2D eigenvalue weighted by Gasteiger charge is 2.09. The van der Waals surface area contributed by atoms with E-state index in [-0.39, 0.29) is 11.3 Å². The molecule has 0 spiro atoms. The van der Waals surface area contributed by atoms with Gasteiger partial charge in [-0.1, -0.05) is 24.8 Å². The van der Waals surface area contributed by atoms with Crippen LogP contribution in [-0.2, 0) is 4.74 Å². The minimum absolute atomic E-state index is 0.0931. The molecular formula is C11H10O3. The predicted molar refractivity (Wildman–Crippen MR) is 52.9 cm³/mol. The number of phenolic OH excluding ortho intramolecular Hbond substituents is 1. The Morgan fingerprint density at radius 1 is 1.43 bits per heavy atom. The van der Waals surface area contributed by atoms with Crippen molar-refractivity contribution in [3.8, 4) is 5.75 Å². The molecule has 3 heteroatoms. The number of para-hydroxylation sites is 1. The Morgan fingerprint density at radius 2 is 2.14 bits per heavy atom. The first-order valence-corrected chi connectivity index (χ1v) is 4.02. The predicted octanol–water partition coefficient (Wildman–Crippen LogP) is 2.25. The lowest BCUT2D eigenvalue weighted by Crippen LogP contribution is -2.00. The normalized spacial score (nSPS) is 10.0. The number of carbonyl (C=O) groups excluding carboxylic acids is 1. The van der Waals surface area contributed by atoms with E-state index in [0.29, 0.717) is 0 Å². The van der Waals surface area contributed by atoms with E-state index in [2.05, 4.69) is 6.58 Å². The summed E-state index contributed by atoms with van der Waals surface area (Å²) in [6.45, 7) is 3.42. The topological polar surface area (TPSA) is 46.5 Å². The molecule has 72 valence electrons. The Kier molecular flexibility index (Phi) is 3.49. The van der Waals surface area contributed by atoms with E-state index in [9.17, 15) is 9.90 Å². The summed E-state index contributed by atoms with van der Waals surface area (Å²) in [5.41, 5.74) is 0.140. The van der Waals surface area contributed by atoms with Gasteiger partial charge in [0.05, 0.1) is 6.26 Å². The van der Waals surface area contributed by atoms with Gasteiger partial charge >= 0.3 is 5.97 Å². The molecule has 0 aliphatic heterocycles. The fourth-order valence-corrected chi connectivity index (χ4v) is 0.866. The van der Waals surface area contributed by atoms with Crippen molar-refractivity contribution in [2.75, 3.05) is 0 Å². The van der Waals surface area contributed by atoms with Gasteiger partial charge in [0.25, 0.3) is 0 Å². The summed E-state index contributed by atoms with van der Waals surface area (Å²) in [5, 5.41) is 9.29. The lowest BCUT2D eigenvalue weighted by atomic mass is 10.2. The van der Waals surface area contributed by atoms with Crippen LogP contribution in [0.5, 0.6) is 5.75 Å². The summed E-state index contributed by atoms with van der Waals surface area (Å²) in [6, 6.07) is 6.19. The second kappa shape index (κ2) is 4.87. The summed E-state index contributed by atoms with van der Waals surface area (Å²) in [6.07, 6.45) is 4.18. The van der Waals surface area contributed by atoms with Crippen molar-refractivity contribution in [2.45, 2.75) is 0 Å². The summed E-state index contributed by atoms with van der Waals surface area (Å²) in [7, 11) is 0. The zero-order chi connectivity index (χ0) is 10.4. The molecule has 0 radical (unpaired) electrons. The van der Waals surface area contributed by atoms with Crippen LogP contribution in [0.15, 0.2) is 49.3 Å². The molecule has 1 N–H and O–H groups in total. The van der Waals surface area contributed by atoms with Gasteiger partial charge in [0.1, 0.15) is 11.3 Å². The van der Waals surface area contributed by atoms with Gasteiger partial charge in [-0.2, -0.15) is 0 Å². The average Bonchev–Trinajstić information content (AvgIpc) is 2.18. The molecule has 0 atom stereocenters. The summed E-state index contributed by atoms with van der Waals surface area (Å²) in [5.74, 6) is -0.689. The van der Waals surface area contributed by atoms with Crippen LogP contribution in [0.1, 0.15) is 10.4 Å². The number of aromatic hydroxyl groups is 1. The van der Waals surface area contributed by atoms with E-state index in [1.807, 2.05) is 0 Å². The Labute approximate surface area is 81.9 Å². The fourth-order valence-electron chi connectivity index (χ4n) is 0.866. The largest absolute Gasteiger partial charge is 0.507 e. The summed E-state index contributed by atoms with van der Waals surface area (Å²) < 4.78 is 4.70. The smallest absolute Gasteiger partial charge is 0.346 e. The molecule has 1 aromatic rings. The maximum absolute atomic E-state index is 11.3. The Hall–Kier alpha value is -2.03. The highest BCUT2D eigenvalue weighted by molar-refractivity contribution is 5.92. The highest BCUT2D eigenvalue weighted by atomic mass is 16.5. The minimum Gasteiger partial charge on any atom is -0.507 e. The molecule has 0 aromatic heterocycles. The van der Waals surface area contributed by atoms with Gasteiger partial charge in [-0.05, 0) is 18.2 Å². The monoisotopic (exact) mass is 190 g/mol. The molecule has 0 bridgehead atoms. The SMILES string of the molecule is C=C/C=C/OC(=O)c1ccccc1O. The Morgan fingerprint density at radius 3 is 2.79 bits per heavy atom. The quantitative estimate of drug-likeness (QED) is 0.451. The number of phenols is 1. The van der Waals surface area contributed by atoms with E-state index < -0.39 is 5.97 Å². The Balaban J connectivity index is 2.75. The molecule has 0 unspecified atom stereocenters. The van der Waals surface area contributed by atoms with E-state index in [1.165, 1.54) is 30.5 Å². The third-order valence-electron chi connectivity index (χ3n) is 1.51. The number of esters is 1. The molecule has 0 aliphatic carbocycles. The highest BCUT2D eigenvalue weighted by Crippen LogP contribution is 2.16. The number of rotatable bonds is 3. The summed E-state index contributed by atoms with van der Waals surface area (Å²) >= 11 is 0. The molecule has 0 saturated carbocycles. The molecule has 0 heterocycles. The Bertz CT molecular complexity index is 367. The third kappa shape index (κ3) is 2.48. The van der Waals surface area contributed by atoms with Crippen molar-refractivity contribution in [1.29, 1.82) is 0 Å². The van der Waals surface area contributed by atoms with Crippen LogP contribution in [0.25, 0.3) is 0 Å². The molecule has 1 rings (SSSR count). The zero-order valence-corrected chi connectivity index (χ0v) is 7.51. The molecule has 1 aromatic carbocycles. The second-order valence-electron chi connectivity index (χ2n) is 2.49. The van der Waals surface area contributed by atoms with Gasteiger partial charge < -0.3 is 9.84 Å². The number of carbonyl (C=O) groups is 1. The maximum Gasteiger partial charge on any atom is 0.346 e. The van der Waals surface area contributed by atoms with Gasteiger partial charge in [0, 0.05) is 0 Å². The van der Waals surface area contributed by atoms with Crippen molar-refractivity contribution in [3.05, 3.63) is 54.8 Å². The van der Waals surface area contributed by atoms with Crippen molar-refractivity contribution in [2.24, 2.45) is 0 Å². The first-order chi connectivity index (χ1) is 6.75. The third-order valence-corrected chi connectivity index (χ3v) is 1.51. The fraction of sp³-hybridized carbons (Fsp3) is 0. The van der Waals surface area contributed by atoms with Crippen LogP contribution < -0.4 is 0 Å². The van der Waals surface area contributed by atoms with Crippen LogP contribution in [0, 0.1) is 0 Å². The molecule has 14 heavy (non-hydrogen) atoms. The molecule has 0 saturated heterocycles. The molecule has 3 nitrogen and oxygen atoms in total. The first kappa shape index (κ1) is 10.1. The van der Waals surface area contributed by atoms with Crippen LogP contribution >= 0.6 is 0 Å². The van der Waals surface area contributed by atoms with Gasteiger partial charge in [-0.3, -0.25) is 0 Å². The van der Waals surface area contributed by atoms with Crippen LogP contribution in [0.3, 0.4) is 0 Å². The number of hydrogen-bond donors (Lipinski definition) is 1. The number of ether oxygens (including phenoxy) is 1. The zero-order valence-electron chi connectivity index (χ0n) is 7.51. The number of benzene rings is 1. The van der Waals surface area contributed by atoms with Crippen LogP contribution in [0.4, 0.5) is 0 Å². The van der Waals surface area contributed by atoms with Crippen molar-refractivity contribution < 1.29 is 14.6 Å². The lowest BCUT2D eigenvalue weighted by Gasteiger charge is -2.00. The van der Waals surface area contributed by atoms with Gasteiger partial charge in [0.2, 0.25) is 0 Å².